The summed E-state index contributed by atoms with van der Waals surface area (Å²) in [5.74, 6) is -0.545. The van der Waals surface area contributed by atoms with E-state index in [1.54, 1.807) is 10.6 Å². The van der Waals surface area contributed by atoms with Crippen LogP contribution in [0.15, 0.2) is 23.0 Å². The molecule has 1 aliphatic rings. The normalized spacial score (nSPS) is 15.0. The Hall–Kier alpha value is -2.74. The van der Waals surface area contributed by atoms with Crippen molar-refractivity contribution in [2.75, 3.05) is 13.7 Å². The number of amides is 1. The Bertz CT molecular complexity index is 906. The van der Waals surface area contributed by atoms with Gasteiger partial charge in [0.1, 0.15) is 5.82 Å². The second kappa shape index (κ2) is 7.65. The molecular formula is C18H21N3O5. The zero-order chi connectivity index (χ0) is 18.7. The number of rotatable bonds is 4. The number of carbonyl (C=O) groups is 2. The quantitative estimate of drug-likeness (QED) is 0.764. The van der Waals surface area contributed by atoms with Crippen molar-refractivity contribution in [2.45, 2.75) is 38.3 Å². The van der Waals surface area contributed by atoms with Gasteiger partial charge in [0.05, 0.1) is 24.6 Å². The molecule has 8 nitrogen and oxygen atoms in total. The van der Waals surface area contributed by atoms with Crippen molar-refractivity contribution in [3.05, 3.63) is 39.9 Å². The topological polar surface area (TPSA) is 111 Å². The van der Waals surface area contributed by atoms with Crippen LogP contribution in [0.3, 0.4) is 0 Å². The van der Waals surface area contributed by atoms with Gasteiger partial charge in [-0.2, -0.15) is 0 Å². The third-order valence-electron chi connectivity index (χ3n) is 4.55. The number of hydrogen-bond donors (Lipinski definition) is 2. The number of aliphatic hydroxyl groups is 1. The van der Waals surface area contributed by atoms with Gasteiger partial charge >= 0.3 is 5.97 Å². The van der Waals surface area contributed by atoms with Crippen molar-refractivity contribution in [3.63, 3.8) is 0 Å². The van der Waals surface area contributed by atoms with Gasteiger partial charge in [-0.05, 0) is 31.0 Å². The van der Waals surface area contributed by atoms with Crippen LogP contribution < -0.4 is 10.9 Å². The summed E-state index contributed by atoms with van der Waals surface area (Å²) in [6.07, 6.45) is 3.73. The zero-order valence-corrected chi connectivity index (χ0v) is 14.5. The highest BCUT2D eigenvalue weighted by molar-refractivity contribution is 5.99. The molecule has 0 spiro atoms. The number of carbonyl (C=O) groups excluding carboxylic acids is 2. The molecule has 0 aliphatic carbocycles. The molecule has 1 aromatic carbocycles. The Kier molecular flexibility index (Phi) is 5.32. The zero-order valence-electron chi connectivity index (χ0n) is 14.5. The molecule has 0 fully saturated rings. The summed E-state index contributed by atoms with van der Waals surface area (Å²) < 4.78 is 6.25. The largest absolute Gasteiger partial charge is 0.467 e. The summed E-state index contributed by atoms with van der Waals surface area (Å²) in [6, 6.07) is 3.47. The molecule has 0 saturated heterocycles. The Morgan fingerprint density at radius 3 is 2.88 bits per heavy atom. The summed E-state index contributed by atoms with van der Waals surface area (Å²) in [5, 5.41) is 12.1. The van der Waals surface area contributed by atoms with Crippen LogP contribution >= 0.6 is 0 Å². The van der Waals surface area contributed by atoms with E-state index in [0.29, 0.717) is 17.4 Å². The maximum Gasteiger partial charge on any atom is 0.330 e. The van der Waals surface area contributed by atoms with Crippen molar-refractivity contribution < 1.29 is 19.4 Å². The lowest BCUT2D eigenvalue weighted by Gasteiger charge is -2.14. The highest BCUT2D eigenvalue weighted by Gasteiger charge is 2.22. The van der Waals surface area contributed by atoms with E-state index in [2.05, 4.69) is 15.0 Å². The van der Waals surface area contributed by atoms with Gasteiger partial charge in [-0.1, -0.05) is 6.42 Å². The van der Waals surface area contributed by atoms with E-state index >= 15 is 0 Å². The predicted molar refractivity (Wildman–Crippen MR) is 93.9 cm³/mol. The van der Waals surface area contributed by atoms with Crippen LogP contribution in [0.25, 0.3) is 10.9 Å². The Morgan fingerprint density at radius 2 is 2.15 bits per heavy atom. The predicted octanol–water partition coefficient (Wildman–Crippen LogP) is 0.387. The smallest absolute Gasteiger partial charge is 0.330 e. The van der Waals surface area contributed by atoms with Crippen molar-refractivity contribution >= 4 is 22.8 Å². The highest BCUT2D eigenvalue weighted by atomic mass is 16.5. The van der Waals surface area contributed by atoms with Crippen molar-refractivity contribution in [2.24, 2.45) is 0 Å². The summed E-state index contributed by atoms with van der Waals surface area (Å²) in [4.78, 5) is 41.1. The van der Waals surface area contributed by atoms with E-state index in [1.807, 2.05) is 0 Å². The molecular weight excluding hydrogens is 338 g/mol. The molecule has 2 heterocycles. The van der Waals surface area contributed by atoms with Gasteiger partial charge in [-0.3, -0.25) is 14.2 Å². The molecule has 0 saturated carbocycles. The highest BCUT2D eigenvalue weighted by Crippen LogP contribution is 2.16. The molecule has 1 aromatic heterocycles. The van der Waals surface area contributed by atoms with Gasteiger partial charge in [-0.25, -0.2) is 9.78 Å². The van der Waals surface area contributed by atoms with E-state index in [0.717, 1.165) is 31.5 Å². The lowest BCUT2D eigenvalue weighted by molar-refractivity contribution is -0.143. The maximum atomic E-state index is 12.7. The van der Waals surface area contributed by atoms with Gasteiger partial charge in [0, 0.05) is 18.5 Å². The van der Waals surface area contributed by atoms with Crippen molar-refractivity contribution in [3.8, 4) is 0 Å². The number of benzene rings is 1. The van der Waals surface area contributed by atoms with Gasteiger partial charge in [0.15, 0.2) is 6.04 Å². The summed E-state index contributed by atoms with van der Waals surface area (Å²) in [6.45, 7) is 0.0930. The standard InChI is InChI=1S/C18H21N3O5/c1-26-18(25)14(10-22)20-16(23)11-6-7-12-13(9-11)19-15-5-3-2-4-8-21(15)17(12)24/h6-7,9,14,22H,2-5,8,10H2,1H3,(H,20,23)/t14-/m0/s1. The van der Waals surface area contributed by atoms with E-state index < -0.39 is 24.5 Å². The number of hydrogen-bond acceptors (Lipinski definition) is 6. The van der Waals surface area contributed by atoms with Crippen molar-refractivity contribution in [1.29, 1.82) is 0 Å². The number of fused-ring (bicyclic) bond motifs is 2. The first-order chi connectivity index (χ1) is 12.5. The fourth-order valence-electron chi connectivity index (χ4n) is 3.12. The summed E-state index contributed by atoms with van der Waals surface area (Å²) in [7, 11) is 1.18. The minimum absolute atomic E-state index is 0.0957. The number of aromatic nitrogens is 2. The number of methoxy groups -OCH3 is 1. The Labute approximate surface area is 149 Å². The van der Waals surface area contributed by atoms with Gasteiger partial charge in [0.25, 0.3) is 11.5 Å². The molecule has 8 heteroatoms. The molecule has 2 aromatic rings. The van der Waals surface area contributed by atoms with Gasteiger partial charge in [-0.15, -0.1) is 0 Å². The number of nitrogens with zero attached hydrogens (tertiary/aromatic N) is 2. The Balaban J connectivity index is 1.95. The van der Waals surface area contributed by atoms with Crippen LogP contribution in [0.5, 0.6) is 0 Å². The molecule has 0 bridgehead atoms. The summed E-state index contributed by atoms with van der Waals surface area (Å²) in [5.41, 5.74) is 0.612. The fourth-order valence-corrected chi connectivity index (χ4v) is 3.12. The molecule has 26 heavy (non-hydrogen) atoms. The molecule has 0 radical (unpaired) electrons. The number of nitrogens with one attached hydrogen (secondary N) is 1. The lowest BCUT2D eigenvalue weighted by Crippen LogP contribution is -2.44. The van der Waals surface area contributed by atoms with E-state index in [4.69, 9.17) is 0 Å². The molecule has 3 rings (SSSR count). The number of esters is 1. The van der Waals surface area contributed by atoms with E-state index in [1.165, 1.54) is 19.2 Å². The fraction of sp³-hybridized carbons (Fsp3) is 0.444. The van der Waals surface area contributed by atoms with E-state index in [9.17, 15) is 19.5 Å². The summed E-state index contributed by atoms with van der Waals surface area (Å²) >= 11 is 0. The van der Waals surface area contributed by atoms with Gasteiger partial charge < -0.3 is 15.2 Å². The van der Waals surface area contributed by atoms with Crippen LogP contribution in [0.1, 0.15) is 35.4 Å². The minimum atomic E-state index is -1.14. The molecule has 1 atom stereocenters. The SMILES string of the molecule is COC(=O)[C@H](CO)NC(=O)c1ccc2c(=O)n3c(nc2c1)CCCCC3. The molecule has 1 aliphatic heterocycles. The first-order valence-electron chi connectivity index (χ1n) is 8.58. The Morgan fingerprint density at radius 1 is 1.35 bits per heavy atom. The van der Waals surface area contributed by atoms with Crippen LogP contribution in [0, 0.1) is 0 Å². The molecule has 2 N–H and O–H groups in total. The second-order valence-corrected chi connectivity index (χ2v) is 6.26. The monoisotopic (exact) mass is 359 g/mol. The third kappa shape index (κ3) is 3.45. The molecule has 138 valence electrons. The van der Waals surface area contributed by atoms with Crippen molar-refractivity contribution in [1.82, 2.24) is 14.9 Å². The van der Waals surface area contributed by atoms with Crippen LogP contribution in [0.2, 0.25) is 0 Å². The minimum Gasteiger partial charge on any atom is -0.467 e. The number of ether oxygens (including phenoxy) is 1. The van der Waals surface area contributed by atoms with Crippen LogP contribution in [0.4, 0.5) is 0 Å². The average Bonchev–Trinajstić information content (AvgIpc) is 2.90. The number of aliphatic hydroxyl groups excluding tert-OH is 1. The first-order valence-corrected chi connectivity index (χ1v) is 8.58. The van der Waals surface area contributed by atoms with Crippen LogP contribution in [-0.2, 0) is 22.5 Å². The second-order valence-electron chi connectivity index (χ2n) is 6.26. The first kappa shape index (κ1) is 18.1. The van der Waals surface area contributed by atoms with Crippen LogP contribution in [-0.4, -0.2) is 46.3 Å². The molecule has 0 unspecified atom stereocenters. The molecule has 1 amide bonds. The van der Waals surface area contributed by atoms with Gasteiger partial charge in [0.2, 0.25) is 0 Å². The maximum absolute atomic E-state index is 12.7. The third-order valence-corrected chi connectivity index (χ3v) is 4.55. The average molecular weight is 359 g/mol. The lowest BCUT2D eigenvalue weighted by atomic mass is 10.1. The number of aryl methyl sites for hydroxylation is 1. The van der Waals surface area contributed by atoms with E-state index in [-0.39, 0.29) is 11.1 Å².